The van der Waals surface area contributed by atoms with Crippen LogP contribution in [0.25, 0.3) is 0 Å². The zero-order valence-electron chi connectivity index (χ0n) is 5.75. The molecule has 4 heteroatoms. The highest BCUT2D eigenvalue weighted by atomic mass is 19.1. The minimum absolute atomic E-state index is 0.00231. The van der Waals surface area contributed by atoms with Crippen molar-refractivity contribution in [1.82, 2.24) is 4.98 Å². The van der Waals surface area contributed by atoms with Crippen LogP contribution in [-0.4, -0.2) is 17.3 Å². The zero-order chi connectivity index (χ0) is 8.27. The molecular formula is C7H7FN2O. The predicted molar refractivity (Wildman–Crippen MR) is 37.6 cm³/mol. The Hall–Kier alpha value is -1.29. The van der Waals surface area contributed by atoms with Crippen LogP contribution in [0.2, 0.25) is 0 Å². The maximum atomic E-state index is 12.7. The molecule has 2 N–H and O–H groups in total. The van der Waals surface area contributed by atoms with Crippen LogP contribution in [0.3, 0.4) is 0 Å². The second-order valence-corrected chi connectivity index (χ2v) is 1.98. The van der Waals surface area contributed by atoms with Crippen molar-refractivity contribution in [2.45, 2.75) is 0 Å². The Balaban J connectivity index is 3.03. The SMILES string of the molecule is NCC(=O)c1ccncc1F. The van der Waals surface area contributed by atoms with Gasteiger partial charge in [-0.15, -0.1) is 0 Å². The van der Waals surface area contributed by atoms with Gasteiger partial charge in [-0.05, 0) is 6.07 Å². The Kier molecular flexibility index (Phi) is 2.28. The molecule has 11 heavy (non-hydrogen) atoms. The first-order valence-corrected chi connectivity index (χ1v) is 3.08. The topological polar surface area (TPSA) is 56.0 Å². The first kappa shape index (κ1) is 7.81. The number of carbonyl (C=O) groups is 1. The summed E-state index contributed by atoms with van der Waals surface area (Å²) >= 11 is 0. The number of nitrogens with zero attached hydrogens (tertiary/aromatic N) is 1. The molecule has 0 fully saturated rings. The summed E-state index contributed by atoms with van der Waals surface area (Å²) in [6, 6.07) is 1.31. The molecule has 0 saturated carbocycles. The number of Topliss-reactive ketones (excluding diaryl/α,β-unsaturated/α-hetero) is 1. The third-order valence-corrected chi connectivity index (χ3v) is 1.26. The van der Waals surface area contributed by atoms with Gasteiger partial charge in [-0.3, -0.25) is 9.78 Å². The predicted octanol–water partition coefficient (Wildman–Crippen LogP) is 0.362. The average Bonchev–Trinajstić information content (AvgIpc) is 2.04. The zero-order valence-corrected chi connectivity index (χ0v) is 5.75. The fourth-order valence-electron chi connectivity index (χ4n) is 0.711. The van der Waals surface area contributed by atoms with Gasteiger partial charge < -0.3 is 5.73 Å². The van der Waals surface area contributed by atoms with Crippen LogP contribution in [0.5, 0.6) is 0 Å². The van der Waals surface area contributed by atoms with Crippen molar-refractivity contribution in [3.63, 3.8) is 0 Å². The van der Waals surface area contributed by atoms with Crippen LogP contribution in [0.1, 0.15) is 10.4 Å². The molecule has 0 spiro atoms. The standard InChI is InChI=1S/C7H7FN2O/c8-6-4-10-2-1-5(6)7(11)3-9/h1-2,4H,3,9H2. The van der Waals surface area contributed by atoms with E-state index in [0.29, 0.717) is 0 Å². The van der Waals surface area contributed by atoms with E-state index < -0.39 is 11.6 Å². The highest BCUT2D eigenvalue weighted by Crippen LogP contribution is 2.03. The van der Waals surface area contributed by atoms with E-state index in [4.69, 9.17) is 5.73 Å². The molecule has 1 rings (SSSR count). The number of pyridine rings is 1. The van der Waals surface area contributed by atoms with Gasteiger partial charge in [0.2, 0.25) is 0 Å². The maximum absolute atomic E-state index is 12.7. The molecule has 0 atom stereocenters. The molecule has 0 bridgehead atoms. The monoisotopic (exact) mass is 154 g/mol. The van der Waals surface area contributed by atoms with Gasteiger partial charge in [-0.2, -0.15) is 0 Å². The van der Waals surface area contributed by atoms with Crippen molar-refractivity contribution < 1.29 is 9.18 Å². The van der Waals surface area contributed by atoms with Gasteiger partial charge in [0, 0.05) is 6.20 Å². The van der Waals surface area contributed by atoms with Crippen LogP contribution in [0.4, 0.5) is 4.39 Å². The van der Waals surface area contributed by atoms with Gasteiger partial charge in [0.1, 0.15) is 0 Å². The summed E-state index contributed by atoms with van der Waals surface area (Å²) in [6.45, 7) is -0.180. The highest BCUT2D eigenvalue weighted by Gasteiger charge is 2.07. The number of nitrogens with two attached hydrogens (primary N) is 1. The molecule has 1 aromatic rings. The fraction of sp³-hybridized carbons (Fsp3) is 0.143. The van der Waals surface area contributed by atoms with Gasteiger partial charge >= 0.3 is 0 Å². The van der Waals surface area contributed by atoms with Gasteiger partial charge in [0.15, 0.2) is 11.6 Å². The van der Waals surface area contributed by atoms with E-state index in [1.54, 1.807) is 0 Å². The summed E-state index contributed by atoms with van der Waals surface area (Å²) in [6.07, 6.45) is 2.34. The van der Waals surface area contributed by atoms with E-state index in [9.17, 15) is 9.18 Å². The smallest absolute Gasteiger partial charge is 0.179 e. The van der Waals surface area contributed by atoms with Crippen molar-refractivity contribution in [3.8, 4) is 0 Å². The molecule has 0 aliphatic heterocycles. The van der Waals surface area contributed by atoms with Crippen LogP contribution in [-0.2, 0) is 0 Å². The number of rotatable bonds is 2. The number of ketones is 1. The Morgan fingerprint density at radius 2 is 2.45 bits per heavy atom. The largest absolute Gasteiger partial charge is 0.324 e. The third-order valence-electron chi connectivity index (χ3n) is 1.26. The van der Waals surface area contributed by atoms with E-state index in [0.717, 1.165) is 6.20 Å². The molecule has 1 heterocycles. The first-order valence-electron chi connectivity index (χ1n) is 3.08. The number of hydrogen-bond donors (Lipinski definition) is 1. The minimum Gasteiger partial charge on any atom is -0.324 e. The fourth-order valence-corrected chi connectivity index (χ4v) is 0.711. The third kappa shape index (κ3) is 1.59. The molecule has 0 saturated heterocycles. The van der Waals surface area contributed by atoms with Crippen LogP contribution >= 0.6 is 0 Å². The van der Waals surface area contributed by atoms with Gasteiger partial charge in [0.25, 0.3) is 0 Å². The molecule has 58 valence electrons. The number of aromatic nitrogens is 1. The van der Waals surface area contributed by atoms with Crippen molar-refractivity contribution >= 4 is 5.78 Å². The summed E-state index contributed by atoms with van der Waals surface area (Å²) < 4.78 is 12.7. The highest BCUT2D eigenvalue weighted by molar-refractivity contribution is 5.97. The summed E-state index contributed by atoms with van der Waals surface area (Å²) in [5.74, 6) is -1.03. The van der Waals surface area contributed by atoms with Gasteiger partial charge in [-0.1, -0.05) is 0 Å². The molecular weight excluding hydrogens is 147 g/mol. The maximum Gasteiger partial charge on any atom is 0.179 e. The van der Waals surface area contributed by atoms with E-state index in [-0.39, 0.29) is 12.1 Å². The molecule has 0 aliphatic carbocycles. The normalized spacial score (nSPS) is 9.64. The number of halogens is 1. The van der Waals surface area contributed by atoms with E-state index >= 15 is 0 Å². The molecule has 1 aromatic heterocycles. The van der Waals surface area contributed by atoms with E-state index in [1.165, 1.54) is 12.3 Å². The first-order chi connectivity index (χ1) is 5.25. The van der Waals surface area contributed by atoms with Gasteiger partial charge in [0.05, 0.1) is 18.3 Å². The quantitative estimate of drug-likeness (QED) is 0.626. The van der Waals surface area contributed by atoms with Crippen LogP contribution < -0.4 is 5.73 Å². The molecule has 0 aliphatic rings. The van der Waals surface area contributed by atoms with Crippen LogP contribution in [0, 0.1) is 5.82 Å². The second-order valence-electron chi connectivity index (χ2n) is 1.98. The Bertz CT molecular complexity index is 275. The molecule has 0 amide bonds. The van der Waals surface area contributed by atoms with Crippen molar-refractivity contribution in [1.29, 1.82) is 0 Å². The Labute approximate surface area is 63.0 Å². The summed E-state index contributed by atoms with van der Waals surface area (Å²) in [4.78, 5) is 14.3. The van der Waals surface area contributed by atoms with E-state index in [1.807, 2.05) is 0 Å². The van der Waals surface area contributed by atoms with Crippen molar-refractivity contribution in [2.75, 3.05) is 6.54 Å². The second kappa shape index (κ2) is 3.21. The van der Waals surface area contributed by atoms with Gasteiger partial charge in [-0.25, -0.2) is 4.39 Å². The van der Waals surface area contributed by atoms with E-state index in [2.05, 4.69) is 4.98 Å². The molecule has 0 radical (unpaired) electrons. The van der Waals surface area contributed by atoms with Crippen molar-refractivity contribution in [2.24, 2.45) is 5.73 Å². The lowest BCUT2D eigenvalue weighted by atomic mass is 10.2. The van der Waals surface area contributed by atoms with Crippen LogP contribution in [0.15, 0.2) is 18.5 Å². The van der Waals surface area contributed by atoms with Crippen molar-refractivity contribution in [3.05, 3.63) is 29.8 Å². The molecule has 3 nitrogen and oxygen atoms in total. The molecule has 0 aromatic carbocycles. The number of carbonyl (C=O) groups excluding carboxylic acids is 1. The molecule has 0 unspecified atom stereocenters. The average molecular weight is 154 g/mol. The lowest BCUT2D eigenvalue weighted by Gasteiger charge is -1.96. The lowest BCUT2D eigenvalue weighted by molar-refractivity contribution is 0.0997. The lowest BCUT2D eigenvalue weighted by Crippen LogP contribution is -2.15. The number of hydrogen-bond acceptors (Lipinski definition) is 3. The Morgan fingerprint density at radius 3 is 3.00 bits per heavy atom. The minimum atomic E-state index is -0.622. The summed E-state index contributed by atoms with van der Waals surface area (Å²) in [5, 5.41) is 0. The Morgan fingerprint density at radius 1 is 1.73 bits per heavy atom. The summed E-state index contributed by atoms with van der Waals surface area (Å²) in [7, 11) is 0. The summed E-state index contributed by atoms with van der Waals surface area (Å²) in [5.41, 5.74) is 5.04.